The van der Waals surface area contributed by atoms with Crippen molar-refractivity contribution in [1.29, 1.82) is 0 Å². The van der Waals surface area contributed by atoms with Gasteiger partial charge in [-0.25, -0.2) is 4.79 Å². The van der Waals surface area contributed by atoms with Gasteiger partial charge in [0.2, 0.25) is 0 Å². The number of hydrogen-bond donors (Lipinski definition) is 2. The zero-order valence-electron chi connectivity index (χ0n) is 6.82. The molecule has 2 amide bonds. The van der Waals surface area contributed by atoms with Gasteiger partial charge in [-0.3, -0.25) is 0 Å². The van der Waals surface area contributed by atoms with Crippen LogP contribution in [-0.4, -0.2) is 23.5 Å². The molecule has 0 aromatic rings. The summed E-state index contributed by atoms with van der Waals surface area (Å²) in [7, 11) is 0. The Kier molecular flexibility index (Phi) is 8.10. The first-order valence-corrected chi connectivity index (χ1v) is 5.41. The molecule has 3 nitrogen and oxygen atoms in total. The molecular formula is C7H15IN2O. The number of urea groups is 1. The van der Waals surface area contributed by atoms with E-state index in [0.717, 1.165) is 17.4 Å². The van der Waals surface area contributed by atoms with Crippen LogP contribution in [0.5, 0.6) is 0 Å². The molecule has 2 N–H and O–H groups in total. The monoisotopic (exact) mass is 270 g/mol. The Bertz CT molecular complexity index is 109. The smallest absolute Gasteiger partial charge is 0.314 e. The van der Waals surface area contributed by atoms with Crippen LogP contribution in [0, 0.1) is 0 Å². The van der Waals surface area contributed by atoms with E-state index in [4.69, 9.17) is 0 Å². The number of carbonyl (C=O) groups excluding carboxylic acids is 1. The van der Waals surface area contributed by atoms with E-state index in [0.29, 0.717) is 6.54 Å². The number of alkyl halides is 1. The minimum Gasteiger partial charge on any atom is -0.338 e. The fraction of sp³-hybridized carbons (Fsp3) is 0.857. The number of rotatable bonds is 5. The summed E-state index contributed by atoms with van der Waals surface area (Å²) in [4.78, 5) is 10.8. The van der Waals surface area contributed by atoms with Gasteiger partial charge in [0.25, 0.3) is 0 Å². The van der Waals surface area contributed by atoms with Crippen LogP contribution < -0.4 is 10.6 Å². The van der Waals surface area contributed by atoms with Crippen LogP contribution in [0.25, 0.3) is 0 Å². The Morgan fingerprint density at radius 1 is 1.36 bits per heavy atom. The van der Waals surface area contributed by atoms with Crippen molar-refractivity contribution in [3.05, 3.63) is 0 Å². The van der Waals surface area contributed by atoms with Crippen LogP contribution in [0.2, 0.25) is 0 Å². The van der Waals surface area contributed by atoms with Gasteiger partial charge in [0.1, 0.15) is 0 Å². The van der Waals surface area contributed by atoms with Gasteiger partial charge in [-0.05, 0) is 24.2 Å². The maximum atomic E-state index is 10.8. The highest BCUT2D eigenvalue weighted by Gasteiger charge is 1.94. The minimum atomic E-state index is -0.0547. The predicted octanol–water partition coefficient (Wildman–Crippen LogP) is 1.52. The van der Waals surface area contributed by atoms with Crippen molar-refractivity contribution in [2.45, 2.75) is 19.8 Å². The summed E-state index contributed by atoms with van der Waals surface area (Å²) in [6, 6.07) is -0.0547. The third kappa shape index (κ3) is 7.90. The number of amides is 2. The molecule has 0 rings (SSSR count). The van der Waals surface area contributed by atoms with Crippen molar-refractivity contribution >= 4 is 28.6 Å². The molecule has 0 unspecified atom stereocenters. The molecule has 0 heterocycles. The molecule has 0 atom stereocenters. The third-order valence-electron chi connectivity index (χ3n) is 1.18. The van der Waals surface area contributed by atoms with Gasteiger partial charge in [-0.2, -0.15) is 0 Å². The van der Waals surface area contributed by atoms with Crippen LogP contribution >= 0.6 is 22.6 Å². The number of hydrogen-bond acceptors (Lipinski definition) is 1. The third-order valence-corrected chi connectivity index (χ3v) is 1.95. The SMILES string of the molecule is CCNC(=O)NCCCCI. The van der Waals surface area contributed by atoms with Gasteiger partial charge in [-0.15, -0.1) is 0 Å². The molecule has 66 valence electrons. The van der Waals surface area contributed by atoms with Crippen molar-refractivity contribution in [1.82, 2.24) is 10.6 Å². The van der Waals surface area contributed by atoms with E-state index >= 15 is 0 Å². The van der Waals surface area contributed by atoms with Crippen molar-refractivity contribution < 1.29 is 4.79 Å². The Morgan fingerprint density at radius 3 is 2.64 bits per heavy atom. The summed E-state index contributed by atoms with van der Waals surface area (Å²) in [5, 5.41) is 5.44. The van der Waals surface area contributed by atoms with Gasteiger partial charge in [0.05, 0.1) is 0 Å². The standard InChI is InChI=1S/C7H15IN2O/c1-2-9-7(11)10-6-4-3-5-8/h2-6H2,1H3,(H2,9,10,11). The molecule has 0 aliphatic carbocycles. The van der Waals surface area contributed by atoms with Crippen LogP contribution in [0.4, 0.5) is 4.79 Å². The molecule has 0 saturated heterocycles. The van der Waals surface area contributed by atoms with E-state index < -0.39 is 0 Å². The molecule has 0 aromatic carbocycles. The van der Waals surface area contributed by atoms with Crippen LogP contribution in [0.3, 0.4) is 0 Å². The van der Waals surface area contributed by atoms with Crippen LogP contribution in [0.1, 0.15) is 19.8 Å². The molecular weight excluding hydrogens is 255 g/mol. The van der Waals surface area contributed by atoms with Crippen molar-refractivity contribution in [3.8, 4) is 0 Å². The van der Waals surface area contributed by atoms with Gasteiger partial charge >= 0.3 is 6.03 Å². The summed E-state index contributed by atoms with van der Waals surface area (Å²) in [6.45, 7) is 3.39. The Morgan fingerprint density at radius 2 is 2.09 bits per heavy atom. The van der Waals surface area contributed by atoms with Gasteiger partial charge < -0.3 is 10.6 Å². The molecule has 0 bridgehead atoms. The zero-order chi connectivity index (χ0) is 8.53. The largest absolute Gasteiger partial charge is 0.338 e. The lowest BCUT2D eigenvalue weighted by molar-refractivity contribution is 0.241. The average Bonchev–Trinajstić information content (AvgIpc) is 1.99. The van der Waals surface area contributed by atoms with Gasteiger partial charge in [0, 0.05) is 13.1 Å². The molecule has 11 heavy (non-hydrogen) atoms. The van der Waals surface area contributed by atoms with Crippen molar-refractivity contribution in [2.75, 3.05) is 17.5 Å². The highest BCUT2D eigenvalue weighted by Crippen LogP contribution is 1.91. The number of halogens is 1. The first-order chi connectivity index (χ1) is 5.31. The van der Waals surface area contributed by atoms with E-state index in [-0.39, 0.29) is 6.03 Å². The Hall–Kier alpha value is 0. The summed E-state index contributed by atoms with van der Waals surface area (Å²) in [6.07, 6.45) is 2.24. The lowest BCUT2D eigenvalue weighted by Gasteiger charge is -2.03. The topological polar surface area (TPSA) is 41.1 Å². The van der Waals surface area contributed by atoms with E-state index in [2.05, 4.69) is 33.2 Å². The summed E-state index contributed by atoms with van der Waals surface area (Å²) in [5.74, 6) is 0. The summed E-state index contributed by atoms with van der Waals surface area (Å²) < 4.78 is 1.16. The highest BCUT2D eigenvalue weighted by atomic mass is 127. The summed E-state index contributed by atoms with van der Waals surface area (Å²) >= 11 is 2.33. The number of unbranched alkanes of at least 4 members (excludes halogenated alkanes) is 1. The molecule has 4 heteroatoms. The first kappa shape index (κ1) is 11.0. The van der Waals surface area contributed by atoms with E-state index in [1.165, 1.54) is 6.42 Å². The fourth-order valence-electron chi connectivity index (χ4n) is 0.644. The molecule has 0 radical (unpaired) electrons. The van der Waals surface area contributed by atoms with Crippen molar-refractivity contribution in [3.63, 3.8) is 0 Å². The predicted molar refractivity (Wildman–Crippen MR) is 55.2 cm³/mol. The molecule has 0 aliphatic heterocycles. The van der Waals surface area contributed by atoms with E-state index in [9.17, 15) is 4.79 Å². The second-order valence-corrected chi connectivity index (χ2v) is 3.26. The summed E-state index contributed by atoms with van der Waals surface area (Å²) in [5.41, 5.74) is 0. The second-order valence-electron chi connectivity index (χ2n) is 2.18. The lowest BCUT2D eigenvalue weighted by Crippen LogP contribution is -2.35. The van der Waals surface area contributed by atoms with E-state index in [1.807, 2.05) is 6.92 Å². The maximum Gasteiger partial charge on any atom is 0.314 e. The van der Waals surface area contributed by atoms with Crippen LogP contribution in [-0.2, 0) is 0 Å². The molecule has 0 aliphatic rings. The zero-order valence-corrected chi connectivity index (χ0v) is 8.98. The number of nitrogens with one attached hydrogen (secondary N) is 2. The lowest BCUT2D eigenvalue weighted by atomic mass is 10.3. The van der Waals surface area contributed by atoms with Gasteiger partial charge in [-0.1, -0.05) is 22.6 Å². The molecule has 0 aromatic heterocycles. The minimum absolute atomic E-state index is 0.0547. The first-order valence-electron chi connectivity index (χ1n) is 3.89. The number of carbonyl (C=O) groups is 1. The Labute approximate surface area is 81.5 Å². The normalized spacial score (nSPS) is 9.27. The molecule has 0 fully saturated rings. The van der Waals surface area contributed by atoms with Gasteiger partial charge in [0.15, 0.2) is 0 Å². The fourth-order valence-corrected chi connectivity index (χ4v) is 1.18. The van der Waals surface area contributed by atoms with Crippen LogP contribution in [0.15, 0.2) is 0 Å². The highest BCUT2D eigenvalue weighted by molar-refractivity contribution is 14.1. The molecule has 0 spiro atoms. The average molecular weight is 270 g/mol. The van der Waals surface area contributed by atoms with Crippen molar-refractivity contribution in [2.24, 2.45) is 0 Å². The molecule has 0 saturated carbocycles. The Balaban J connectivity index is 3.04. The quantitative estimate of drug-likeness (QED) is 0.444. The van der Waals surface area contributed by atoms with E-state index in [1.54, 1.807) is 0 Å². The maximum absolute atomic E-state index is 10.8. The second kappa shape index (κ2) is 8.10.